The Balaban J connectivity index is 2.17. The Hall–Kier alpha value is -2.41. The molecule has 1 aromatic carbocycles. The number of hydrogen-bond acceptors (Lipinski definition) is 5. The van der Waals surface area contributed by atoms with E-state index in [4.69, 9.17) is 9.84 Å². The summed E-state index contributed by atoms with van der Waals surface area (Å²) in [6.45, 7) is 2.16. The van der Waals surface area contributed by atoms with Gasteiger partial charge in [-0.05, 0) is 31.5 Å². The maximum atomic E-state index is 12.7. The third-order valence-corrected chi connectivity index (χ3v) is 4.98. The van der Waals surface area contributed by atoms with Crippen LogP contribution in [0.4, 0.5) is 0 Å². The van der Waals surface area contributed by atoms with Crippen molar-refractivity contribution in [3.05, 3.63) is 34.2 Å². The predicted molar refractivity (Wildman–Crippen MR) is 89.5 cm³/mol. The Morgan fingerprint density at radius 1 is 1.43 bits per heavy atom. The lowest BCUT2D eigenvalue weighted by Gasteiger charge is -2.06. The van der Waals surface area contributed by atoms with Gasteiger partial charge in [-0.1, -0.05) is 0 Å². The number of methoxy groups -OCH3 is 1. The molecule has 0 unspecified atom stereocenters. The third kappa shape index (κ3) is 2.79. The fourth-order valence-corrected chi connectivity index (χ4v) is 3.72. The first-order valence-electron chi connectivity index (χ1n) is 7.21. The van der Waals surface area contributed by atoms with E-state index in [1.54, 1.807) is 7.11 Å². The Bertz CT molecular complexity index is 958. The normalized spacial score (nSPS) is 11.2. The number of carboxylic acid groups (broad SMARTS) is 1. The molecule has 2 heterocycles. The van der Waals surface area contributed by atoms with E-state index in [1.807, 2.05) is 25.1 Å². The number of aryl methyl sites for hydroxylation is 2. The molecule has 0 atom stereocenters. The van der Waals surface area contributed by atoms with Gasteiger partial charge in [0.25, 0.3) is 5.56 Å². The summed E-state index contributed by atoms with van der Waals surface area (Å²) in [6, 6.07) is 5.66. The minimum atomic E-state index is -0.874. The second kappa shape index (κ2) is 6.00. The molecule has 3 rings (SSSR count). The maximum absolute atomic E-state index is 12.7. The van der Waals surface area contributed by atoms with Gasteiger partial charge in [0.15, 0.2) is 0 Å². The summed E-state index contributed by atoms with van der Waals surface area (Å²) >= 11 is 1.53. The van der Waals surface area contributed by atoms with Gasteiger partial charge in [0.2, 0.25) is 0 Å². The number of benzene rings is 1. The molecule has 0 aliphatic carbocycles. The van der Waals surface area contributed by atoms with Crippen molar-refractivity contribution >= 4 is 37.5 Å². The van der Waals surface area contributed by atoms with Crippen molar-refractivity contribution in [3.63, 3.8) is 0 Å². The zero-order valence-corrected chi connectivity index (χ0v) is 13.6. The lowest BCUT2D eigenvalue weighted by Crippen LogP contribution is -2.24. The number of fused-ring (bicyclic) bond motifs is 3. The first kappa shape index (κ1) is 15.5. The number of rotatable bonds is 5. The van der Waals surface area contributed by atoms with Crippen LogP contribution in [0.2, 0.25) is 0 Å². The molecule has 1 N–H and O–H groups in total. The number of ether oxygens (including phenoxy) is 1. The molecule has 23 heavy (non-hydrogen) atoms. The van der Waals surface area contributed by atoms with Crippen LogP contribution in [0.5, 0.6) is 5.75 Å². The van der Waals surface area contributed by atoms with Gasteiger partial charge in [0.1, 0.15) is 5.75 Å². The highest BCUT2D eigenvalue weighted by Crippen LogP contribution is 2.35. The number of hydrogen-bond donors (Lipinski definition) is 1. The summed E-state index contributed by atoms with van der Waals surface area (Å²) in [6.07, 6.45) is 0.391. The predicted octanol–water partition coefficient (Wildman–Crippen LogP) is 2.79. The first-order valence-corrected chi connectivity index (χ1v) is 8.02. The van der Waals surface area contributed by atoms with Crippen LogP contribution in [0.25, 0.3) is 20.2 Å². The highest BCUT2D eigenvalue weighted by molar-refractivity contribution is 7.26. The van der Waals surface area contributed by atoms with Crippen LogP contribution in [-0.4, -0.2) is 28.0 Å². The summed E-state index contributed by atoms with van der Waals surface area (Å²) < 4.78 is 8.49. The van der Waals surface area contributed by atoms with E-state index in [9.17, 15) is 9.59 Å². The summed E-state index contributed by atoms with van der Waals surface area (Å²) in [5.41, 5.74) is 0.589. The molecular weight excluding hydrogens is 316 g/mol. The van der Waals surface area contributed by atoms with E-state index < -0.39 is 5.97 Å². The SMILES string of the molecule is COc1ccc2sc3c(C)nn(CCCC(=O)O)c(=O)c3c2c1. The Labute approximate surface area is 135 Å². The number of nitrogens with zero attached hydrogens (tertiary/aromatic N) is 2. The molecule has 0 saturated carbocycles. The number of carboxylic acids is 1. The number of thiophene rings is 1. The molecule has 6 nitrogen and oxygen atoms in total. The average Bonchev–Trinajstić information content (AvgIpc) is 2.91. The molecule has 0 bridgehead atoms. The van der Waals surface area contributed by atoms with Gasteiger partial charge in [0.05, 0.1) is 22.9 Å². The summed E-state index contributed by atoms with van der Waals surface area (Å²) in [5.74, 6) is -0.176. The van der Waals surface area contributed by atoms with Gasteiger partial charge in [0, 0.05) is 23.1 Å². The number of aliphatic carboxylic acids is 1. The topological polar surface area (TPSA) is 81.4 Å². The van der Waals surface area contributed by atoms with E-state index in [0.717, 1.165) is 20.5 Å². The number of aromatic nitrogens is 2. The van der Waals surface area contributed by atoms with Crippen LogP contribution >= 0.6 is 11.3 Å². The van der Waals surface area contributed by atoms with Crippen molar-refractivity contribution in [2.75, 3.05) is 7.11 Å². The molecule has 2 aromatic heterocycles. The molecule has 3 aromatic rings. The van der Waals surface area contributed by atoms with Gasteiger partial charge in [-0.25, -0.2) is 4.68 Å². The van der Waals surface area contributed by atoms with Crippen LogP contribution in [0.15, 0.2) is 23.0 Å². The van der Waals surface area contributed by atoms with E-state index in [-0.39, 0.29) is 12.0 Å². The molecule has 0 radical (unpaired) electrons. The molecule has 0 amide bonds. The van der Waals surface area contributed by atoms with Crippen molar-refractivity contribution in [3.8, 4) is 5.75 Å². The maximum Gasteiger partial charge on any atom is 0.303 e. The zero-order chi connectivity index (χ0) is 16.6. The van der Waals surface area contributed by atoms with E-state index in [1.165, 1.54) is 16.0 Å². The highest BCUT2D eigenvalue weighted by Gasteiger charge is 2.15. The van der Waals surface area contributed by atoms with E-state index in [2.05, 4.69) is 5.10 Å². The molecule has 0 aliphatic heterocycles. The van der Waals surface area contributed by atoms with Crippen molar-refractivity contribution in [1.29, 1.82) is 0 Å². The fraction of sp³-hybridized carbons (Fsp3) is 0.312. The molecule has 0 spiro atoms. The quantitative estimate of drug-likeness (QED) is 0.777. The van der Waals surface area contributed by atoms with Crippen LogP contribution in [-0.2, 0) is 11.3 Å². The van der Waals surface area contributed by atoms with Gasteiger partial charge in [-0.3, -0.25) is 9.59 Å². The Morgan fingerprint density at radius 2 is 2.22 bits per heavy atom. The number of carbonyl (C=O) groups is 1. The average molecular weight is 332 g/mol. The highest BCUT2D eigenvalue weighted by atomic mass is 32.1. The van der Waals surface area contributed by atoms with Gasteiger partial charge in [-0.15, -0.1) is 11.3 Å². The smallest absolute Gasteiger partial charge is 0.303 e. The van der Waals surface area contributed by atoms with Crippen LogP contribution in [0, 0.1) is 6.92 Å². The second-order valence-electron chi connectivity index (χ2n) is 5.28. The molecule has 7 heteroatoms. The summed E-state index contributed by atoms with van der Waals surface area (Å²) in [4.78, 5) is 23.4. The standard InChI is InChI=1S/C16H16N2O4S/c1-9-15-14(11-8-10(22-2)5-6-12(11)23-15)16(21)18(17-9)7-3-4-13(19)20/h5-6,8H,3-4,7H2,1-2H3,(H,19,20). The van der Waals surface area contributed by atoms with Crippen molar-refractivity contribution in [2.24, 2.45) is 0 Å². The molecule has 120 valence electrons. The first-order chi connectivity index (χ1) is 11.0. The lowest BCUT2D eigenvalue weighted by atomic mass is 10.2. The third-order valence-electron chi connectivity index (χ3n) is 3.70. The molecular formula is C16H16N2O4S. The Morgan fingerprint density at radius 3 is 2.91 bits per heavy atom. The summed E-state index contributed by atoms with van der Waals surface area (Å²) in [5, 5.41) is 14.5. The fourth-order valence-electron chi connectivity index (χ4n) is 2.60. The largest absolute Gasteiger partial charge is 0.497 e. The molecule has 0 aliphatic rings. The van der Waals surface area contributed by atoms with Crippen LogP contribution in [0.1, 0.15) is 18.5 Å². The lowest BCUT2D eigenvalue weighted by molar-refractivity contribution is -0.137. The van der Waals surface area contributed by atoms with Gasteiger partial charge in [-0.2, -0.15) is 5.10 Å². The van der Waals surface area contributed by atoms with Crippen molar-refractivity contribution < 1.29 is 14.6 Å². The minimum absolute atomic E-state index is 0.0173. The second-order valence-corrected chi connectivity index (χ2v) is 6.33. The van der Waals surface area contributed by atoms with Crippen LogP contribution in [0.3, 0.4) is 0 Å². The summed E-state index contributed by atoms with van der Waals surface area (Å²) in [7, 11) is 1.59. The van der Waals surface area contributed by atoms with Crippen LogP contribution < -0.4 is 10.3 Å². The monoisotopic (exact) mass is 332 g/mol. The molecule has 0 fully saturated rings. The zero-order valence-electron chi connectivity index (χ0n) is 12.8. The molecule has 0 saturated heterocycles. The minimum Gasteiger partial charge on any atom is -0.497 e. The van der Waals surface area contributed by atoms with E-state index in [0.29, 0.717) is 24.1 Å². The van der Waals surface area contributed by atoms with Crippen molar-refractivity contribution in [1.82, 2.24) is 9.78 Å². The van der Waals surface area contributed by atoms with Crippen molar-refractivity contribution in [2.45, 2.75) is 26.3 Å². The van der Waals surface area contributed by atoms with Gasteiger partial charge >= 0.3 is 5.97 Å². The van der Waals surface area contributed by atoms with E-state index >= 15 is 0 Å². The van der Waals surface area contributed by atoms with Gasteiger partial charge < -0.3 is 9.84 Å². The Kier molecular flexibility index (Phi) is 4.04.